The van der Waals surface area contributed by atoms with E-state index in [0.29, 0.717) is 32.1 Å². The number of ether oxygens (including phenoxy) is 2. The number of methoxy groups -OCH3 is 1. The first kappa shape index (κ1) is 18.9. The second-order valence-electron chi connectivity index (χ2n) is 6.52. The molecule has 9 heteroatoms. The summed E-state index contributed by atoms with van der Waals surface area (Å²) >= 11 is 0. The van der Waals surface area contributed by atoms with E-state index < -0.39 is 16.2 Å². The molecule has 2 aliphatic rings. The molecule has 1 aromatic carbocycles. The Hall–Kier alpha value is -1.84. The lowest BCUT2D eigenvalue weighted by molar-refractivity contribution is 0.0382. The third-order valence-electron chi connectivity index (χ3n) is 4.91. The second kappa shape index (κ2) is 7.42. The summed E-state index contributed by atoms with van der Waals surface area (Å²) in [6, 6.07) is 5.95. The van der Waals surface area contributed by atoms with Gasteiger partial charge in [-0.2, -0.15) is 4.31 Å². The van der Waals surface area contributed by atoms with Crippen LogP contribution in [-0.4, -0.2) is 80.7 Å². The molecule has 0 aliphatic carbocycles. The summed E-state index contributed by atoms with van der Waals surface area (Å²) in [6.45, 7) is 5.97. The molecule has 2 fully saturated rings. The van der Waals surface area contributed by atoms with Gasteiger partial charge in [-0.15, -0.1) is 0 Å². The monoisotopic (exact) mass is 383 g/mol. The van der Waals surface area contributed by atoms with Gasteiger partial charge in [-0.05, 0) is 38.1 Å². The largest absolute Gasteiger partial charge is 0.497 e. The van der Waals surface area contributed by atoms with Gasteiger partial charge in [-0.1, -0.05) is 0 Å². The van der Waals surface area contributed by atoms with Crippen molar-refractivity contribution in [2.75, 3.05) is 40.0 Å². The van der Waals surface area contributed by atoms with Crippen LogP contribution >= 0.6 is 0 Å². The van der Waals surface area contributed by atoms with Gasteiger partial charge in [-0.3, -0.25) is 0 Å². The van der Waals surface area contributed by atoms with Crippen LogP contribution < -0.4 is 4.74 Å². The Kier molecular flexibility index (Phi) is 5.40. The number of hydrogen-bond donors (Lipinski definition) is 0. The molecular weight excluding hydrogens is 358 g/mol. The van der Waals surface area contributed by atoms with E-state index in [0.717, 1.165) is 0 Å². The minimum Gasteiger partial charge on any atom is -0.497 e. The van der Waals surface area contributed by atoms with Crippen molar-refractivity contribution in [1.29, 1.82) is 0 Å². The van der Waals surface area contributed by atoms with E-state index in [9.17, 15) is 13.2 Å². The van der Waals surface area contributed by atoms with Crippen LogP contribution in [-0.2, 0) is 14.8 Å². The van der Waals surface area contributed by atoms with Gasteiger partial charge in [0.2, 0.25) is 10.0 Å². The number of hydrogen-bond acceptors (Lipinski definition) is 5. The highest BCUT2D eigenvalue weighted by atomic mass is 32.2. The Bertz CT molecular complexity index is 746. The fourth-order valence-electron chi connectivity index (χ4n) is 3.46. The van der Waals surface area contributed by atoms with E-state index in [1.165, 1.54) is 23.5 Å². The summed E-state index contributed by atoms with van der Waals surface area (Å²) in [4.78, 5) is 16.4. The van der Waals surface area contributed by atoms with E-state index in [4.69, 9.17) is 9.47 Å². The lowest BCUT2D eigenvalue weighted by Crippen LogP contribution is -2.52. The van der Waals surface area contributed by atoms with Gasteiger partial charge in [-0.25, -0.2) is 13.2 Å². The fraction of sp³-hybridized carbons (Fsp3) is 0.588. The predicted octanol–water partition coefficient (Wildman–Crippen LogP) is 1.19. The summed E-state index contributed by atoms with van der Waals surface area (Å²) in [5.41, 5.74) is 0. The Balaban J connectivity index is 1.81. The third kappa shape index (κ3) is 3.38. The van der Waals surface area contributed by atoms with E-state index >= 15 is 0 Å². The first-order valence-electron chi connectivity index (χ1n) is 8.67. The summed E-state index contributed by atoms with van der Waals surface area (Å²) < 4.78 is 37.9. The molecule has 0 spiro atoms. The van der Waals surface area contributed by atoms with E-state index in [1.807, 2.05) is 6.92 Å². The average Bonchev–Trinajstić information content (AvgIpc) is 2.97. The van der Waals surface area contributed by atoms with Crippen LogP contribution in [0.2, 0.25) is 0 Å². The van der Waals surface area contributed by atoms with Gasteiger partial charge in [0, 0.05) is 25.7 Å². The van der Waals surface area contributed by atoms with Crippen LogP contribution in [0.1, 0.15) is 13.8 Å². The van der Waals surface area contributed by atoms with Crippen molar-refractivity contribution >= 4 is 16.1 Å². The number of carbonyl (C=O) groups is 1. The first-order chi connectivity index (χ1) is 12.4. The van der Waals surface area contributed by atoms with Gasteiger partial charge in [0.15, 0.2) is 0 Å². The maximum atomic E-state index is 13.0. The molecule has 0 unspecified atom stereocenters. The van der Waals surface area contributed by atoms with Crippen molar-refractivity contribution in [2.45, 2.75) is 31.0 Å². The molecule has 0 N–H and O–H groups in total. The number of nitrogens with zero attached hydrogens (tertiary/aromatic N) is 3. The molecule has 26 heavy (non-hydrogen) atoms. The van der Waals surface area contributed by atoms with Crippen LogP contribution in [0.4, 0.5) is 4.79 Å². The average molecular weight is 383 g/mol. The third-order valence-corrected chi connectivity index (χ3v) is 6.85. The second-order valence-corrected chi connectivity index (χ2v) is 8.41. The molecule has 2 heterocycles. The molecule has 1 aromatic rings. The smallest absolute Gasteiger partial charge is 0.321 e. The molecule has 2 amide bonds. The topological polar surface area (TPSA) is 79.4 Å². The van der Waals surface area contributed by atoms with Crippen LogP contribution in [0.25, 0.3) is 0 Å². The van der Waals surface area contributed by atoms with E-state index in [1.54, 1.807) is 28.9 Å². The zero-order valence-corrected chi connectivity index (χ0v) is 16.1. The summed E-state index contributed by atoms with van der Waals surface area (Å²) in [7, 11) is -2.17. The van der Waals surface area contributed by atoms with Gasteiger partial charge in [0.25, 0.3) is 0 Å². The number of rotatable bonds is 3. The Morgan fingerprint density at radius 2 is 1.77 bits per heavy atom. The lowest BCUT2D eigenvalue weighted by atomic mass is 10.3. The number of amides is 2. The van der Waals surface area contributed by atoms with Crippen molar-refractivity contribution in [3.63, 3.8) is 0 Å². The highest BCUT2D eigenvalue weighted by molar-refractivity contribution is 7.89. The Morgan fingerprint density at radius 3 is 2.35 bits per heavy atom. The van der Waals surface area contributed by atoms with Gasteiger partial charge < -0.3 is 19.3 Å². The van der Waals surface area contributed by atoms with Crippen molar-refractivity contribution < 1.29 is 22.7 Å². The van der Waals surface area contributed by atoms with Crippen molar-refractivity contribution in [3.8, 4) is 5.75 Å². The Labute approximate surface area is 154 Å². The minimum absolute atomic E-state index is 0.138. The molecule has 2 aliphatic heterocycles. The van der Waals surface area contributed by atoms with Crippen LogP contribution in [0.3, 0.4) is 0 Å². The van der Waals surface area contributed by atoms with Gasteiger partial charge >= 0.3 is 6.03 Å². The first-order valence-corrected chi connectivity index (χ1v) is 10.1. The molecule has 0 saturated carbocycles. The quantitative estimate of drug-likeness (QED) is 0.783. The lowest BCUT2D eigenvalue weighted by Gasteiger charge is -2.35. The van der Waals surface area contributed by atoms with Crippen molar-refractivity contribution in [1.82, 2.24) is 14.1 Å². The normalized spacial score (nSPS) is 24.7. The zero-order valence-electron chi connectivity index (χ0n) is 15.3. The molecule has 3 rings (SSSR count). The van der Waals surface area contributed by atoms with E-state index in [-0.39, 0.29) is 23.5 Å². The number of urea groups is 1. The summed E-state index contributed by atoms with van der Waals surface area (Å²) in [6.07, 6.45) is -0.549. The summed E-state index contributed by atoms with van der Waals surface area (Å²) in [5, 5.41) is 0. The Morgan fingerprint density at radius 1 is 1.15 bits per heavy atom. The standard InChI is InChI=1S/C17H25N3O5S/c1-13-12-19(26(22,23)16-6-4-15(24-3)5-7-16)14(2)20(13)17(21)18-8-10-25-11-9-18/h4-7,13-14H,8-12H2,1-3H3/t13-,14-/m0/s1. The van der Waals surface area contributed by atoms with Gasteiger partial charge in [0.05, 0.1) is 31.4 Å². The number of sulfonamides is 1. The maximum absolute atomic E-state index is 13.0. The molecule has 0 aromatic heterocycles. The fourth-order valence-corrected chi connectivity index (χ4v) is 5.12. The molecular formula is C17H25N3O5S. The van der Waals surface area contributed by atoms with Crippen molar-refractivity contribution in [2.24, 2.45) is 0 Å². The van der Waals surface area contributed by atoms with Gasteiger partial charge in [0.1, 0.15) is 5.75 Å². The number of morpholine rings is 1. The number of benzene rings is 1. The molecule has 144 valence electrons. The van der Waals surface area contributed by atoms with Crippen LogP contribution in [0.15, 0.2) is 29.2 Å². The molecule has 0 bridgehead atoms. The molecule has 0 radical (unpaired) electrons. The predicted molar refractivity (Wildman–Crippen MR) is 95.4 cm³/mol. The molecule has 2 atom stereocenters. The van der Waals surface area contributed by atoms with Crippen LogP contribution in [0, 0.1) is 0 Å². The molecule has 2 saturated heterocycles. The maximum Gasteiger partial charge on any atom is 0.321 e. The van der Waals surface area contributed by atoms with E-state index in [2.05, 4.69) is 0 Å². The molecule has 8 nitrogen and oxygen atoms in total. The highest BCUT2D eigenvalue weighted by Gasteiger charge is 2.45. The summed E-state index contributed by atoms with van der Waals surface area (Å²) in [5.74, 6) is 0.593. The highest BCUT2D eigenvalue weighted by Crippen LogP contribution is 2.29. The minimum atomic E-state index is -3.70. The SMILES string of the molecule is COc1ccc(S(=O)(=O)N2C[C@H](C)N(C(=O)N3CCOCC3)[C@H]2C)cc1. The number of carbonyl (C=O) groups excluding carboxylic acids is 1. The zero-order chi connectivity index (χ0) is 18.9. The van der Waals surface area contributed by atoms with Crippen LogP contribution in [0.5, 0.6) is 5.75 Å². The van der Waals surface area contributed by atoms with Crippen molar-refractivity contribution in [3.05, 3.63) is 24.3 Å².